The topological polar surface area (TPSA) is 89.9 Å². The molecular formula is C30H39ClN2O4. The Kier molecular flexibility index (Phi) is 8.94. The third-order valence-electron chi connectivity index (χ3n) is 8.06. The van der Waals surface area contributed by atoms with Crippen LogP contribution in [0, 0.1) is 18.8 Å². The van der Waals surface area contributed by atoms with E-state index in [0.29, 0.717) is 56.8 Å². The predicted molar refractivity (Wildman–Crippen MR) is 146 cm³/mol. The van der Waals surface area contributed by atoms with Gasteiger partial charge in [-0.1, -0.05) is 53.6 Å². The van der Waals surface area contributed by atoms with Crippen LogP contribution in [0.15, 0.2) is 42.5 Å². The Morgan fingerprint density at radius 2 is 1.95 bits per heavy atom. The first-order valence-electron chi connectivity index (χ1n) is 13.5. The lowest BCUT2D eigenvalue weighted by molar-refractivity contribution is -0.141. The second-order valence-electron chi connectivity index (χ2n) is 10.8. The van der Waals surface area contributed by atoms with Crippen LogP contribution in [0.4, 0.5) is 0 Å². The van der Waals surface area contributed by atoms with Crippen molar-refractivity contribution in [1.29, 1.82) is 0 Å². The summed E-state index contributed by atoms with van der Waals surface area (Å²) in [5.41, 5.74) is 2.40. The van der Waals surface area contributed by atoms with Gasteiger partial charge in [0, 0.05) is 49.0 Å². The van der Waals surface area contributed by atoms with Crippen molar-refractivity contribution in [3.8, 4) is 11.1 Å². The zero-order valence-corrected chi connectivity index (χ0v) is 22.6. The molecule has 2 fully saturated rings. The van der Waals surface area contributed by atoms with Crippen molar-refractivity contribution in [2.75, 3.05) is 19.6 Å². The van der Waals surface area contributed by atoms with Crippen molar-refractivity contribution in [2.24, 2.45) is 11.8 Å². The highest BCUT2D eigenvalue weighted by Gasteiger charge is 2.44. The minimum absolute atomic E-state index is 0.0897. The number of hydrogen-bond donors (Lipinski definition) is 3. The molecule has 1 saturated heterocycles. The minimum Gasteiger partial charge on any atom is -0.393 e. The monoisotopic (exact) mass is 526 g/mol. The Balaban J connectivity index is 1.69. The number of nitrogens with zero attached hydrogens (tertiary/aromatic N) is 1. The zero-order valence-electron chi connectivity index (χ0n) is 21.9. The molecule has 2 amide bonds. The summed E-state index contributed by atoms with van der Waals surface area (Å²) in [5, 5.41) is 26.0. The molecule has 7 heteroatoms. The molecule has 0 unspecified atom stereocenters. The summed E-state index contributed by atoms with van der Waals surface area (Å²) >= 11 is 6.79. The number of aliphatic hydroxyl groups excluding tert-OH is 1. The molecule has 3 N–H and O–H groups in total. The number of carbonyl (C=O) groups excluding carboxylic acids is 2. The Hall–Kier alpha value is -2.41. The number of benzene rings is 2. The van der Waals surface area contributed by atoms with E-state index in [4.69, 9.17) is 11.6 Å². The average molecular weight is 527 g/mol. The van der Waals surface area contributed by atoms with Gasteiger partial charge in [-0.2, -0.15) is 0 Å². The van der Waals surface area contributed by atoms with Crippen molar-refractivity contribution < 1.29 is 19.8 Å². The smallest absolute Gasteiger partial charge is 0.225 e. The normalized spacial score (nSPS) is 23.5. The number of rotatable bonds is 8. The maximum absolute atomic E-state index is 13.3. The Labute approximate surface area is 225 Å². The van der Waals surface area contributed by atoms with Crippen LogP contribution < -0.4 is 5.32 Å². The summed E-state index contributed by atoms with van der Waals surface area (Å²) < 4.78 is 0. The Morgan fingerprint density at radius 3 is 2.65 bits per heavy atom. The lowest BCUT2D eigenvalue weighted by atomic mass is 9.72. The highest BCUT2D eigenvalue weighted by Crippen LogP contribution is 2.46. The van der Waals surface area contributed by atoms with Crippen LogP contribution in [0.5, 0.6) is 0 Å². The van der Waals surface area contributed by atoms with Gasteiger partial charge in [-0.3, -0.25) is 9.59 Å². The molecule has 37 heavy (non-hydrogen) atoms. The second kappa shape index (κ2) is 12.0. The molecule has 200 valence electrons. The lowest BCUT2D eigenvalue weighted by Crippen LogP contribution is -2.49. The molecule has 0 radical (unpaired) electrons. The Bertz CT molecular complexity index is 1120. The average Bonchev–Trinajstić information content (AvgIpc) is 3.32. The van der Waals surface area contributed by atoms with Gasteiger partial charge in [-0.05, 0) is 69.1 Å². The number of halogens is 1. The number of nitrogens with one attached hydrogen (secondary N) is 1. The molecular weight excluding hydrogens is 488 g/mol. The van der Waals surface area contributed by atoms with E-state index in [1.54, 1.807) is 0 Å². The summed E-state index contributed by atoms with van der Waals surface area (Å²) in [5.74, 6) is -0.335. The molecule has 2 aliphatic rings. The van der Waals surface area contributed by atoms with Gasteiger partial charge in [-0.25, -0.2) is 0 Å². The van der Waals surface area contributed by atoms with Crippen LogP contribution in [0.3, 0.4) is 0 Å². The van der Waals surface area contributed by atoms with Crippen LogP contribution in [-0.2, 0) is 15.2 Å². The van der Waals surface area contributed by atoms with Crippen molar-refractivity contribution in [3.05, 3.63) is 58.6 Å². The van der Waals surface area contributed by atoms with Crippen LogP contribution in [0.1, 0.15) is 63.0 Å². The summed E-state index contributed by atoms with van der Waals surface area (Å²) in [4.78, 5) is 26.7. The van der Waals surface area contributed by atoms with E-state index in [9.17, 15) is 19.8 Å². The number of aliphatic hydroxyl groups is 2. The molecule has 4 atom stereocenters. The summed E-state index contributed by atoms with van der Waals surface area (Å²) in [7, 11) is 0. The predicted octanol–water partition coefficient (Wildman–Crippen LogP) is 4.82. The van der Waals surface area contributed by atoms with Gasteiger partial charge in [0.2, 0.25) is 11.8 Å². The van der Waals surface area contributed by atoms with E-state index >= 15 is 0 Å². The van der Waals surface area contributed by atoms with E-state index in [2.05, 4.69) is 11.4 Å². The number of aryl methyl sites for hydroxylation is 1. The van der Waals surface area contributed by atoms with Gasteiger partial charge in [0.1, 0.15) is 0 Å². The standard InChI is InChI=1S/C30H39ClN2O4/c1-20-7-3-8-22(17-20)28-26(10-4-11-27(28)31)30(37,14-6-15-32-21(2)34)24-9-5-16-33(19-24)29(36)23-12-13-25(35)18-23/h3-4,7-8,10-11,17,23-25,35,37H,5-6,9,12-16,18-19H2,1-2H3,(H,32,34)/t23-,24+,25+,30-/m0/s1. The first-order chi connectivity index (χ1) is 17.7. The number of amides is 2. The number of likely N-dealkylation sites (tertiary alicyclic amines) is 1. The fourth-order valence-corrected chi connectivity index (χ4v) is 6.45. The van der Waals surface area contributed by atoms with Gasteiger partial charge in [-0.15, -0.1) is 0 Å². The van der Waals surface area contributed by atoms with E-state index in [0.717, 1.165) is 35.1 Å². The van der Waals surface area contributed by atoms with Crippen LogP contribution in [0.25, 0.3) is 11.1 Å². The molecule has 1 heterocycles. The highest BCUT2D eigenvalue weighted by atomic mass is 35.5. The van der Waals surface area contributed by atoms with Gasteiger partial charge in [0.25, 0.3) is 0 Å². The van der Waals surface area contributed by atoms with Crippen molar-refractivity contribution in [3.63, 3.8) is 0 Å². The molecule has 6 nitrogen and oxygen atoms in total. The van der Waals surface area contributed by atoms with E-state index in [1.807, 2.05) is 48.2 Å². The molecule has 2 aromatic rings. The fraction of sp³-hybridized carbons (Fsp3) is 0.533. The molecule has 2 aromatic carbocycles. The van der Waals surface area contributed by atoms with Crippen molar-refractivity contribution in [2.45, 2.75) is 70.5 Å². The van der Waals surface area contributed by atoms with Crippen molar-refractivity contribution in [1.82, 2.24) is 10.2 Å². The SMILES string of the molecule is CC(=O)NCCC[C@@](O)(c1cccc(Cl)c1-c1cccc(C)c1)[C@@H]1CCCN(C(=O)[C@H]2CC[C@@H](O)C2)C1. The largest absolute Gasteiger partial charge is 0.393 e. The van der Waals surface area contributed by atoms with Crippen LogP contribution in [-0.4, -0.2) is 52.7 Å². The summed E-state index contributed by atoms with van der Waals surface area (Å²) in [6.45, 7) is 5.12. The third-order valence-corrected chi connectivity index (χ3v) is 8.37. The van der Waals surface area contributed by atoms with Gasteiger partial charge < -0.3 is 20.4 Å². The molecule has 0 bridgehead atoms. The number of piperidine rings is 1. The fourth-order valence-electron chi connectivity index (χ4n) is 6.17. The van der Waals surface area contributed by atoms with Gasteiger partial charge in [0.15, 0.2) is 0 Å². The number of hydrogen-bond acceptors (Lipinski definition) is 4. The molecule has 1 aliphatic carbocycles. The first-order valence-corrected chi connectivity index (χ1v) is 13.9. The maximum atomic E-state index is 13.3. The molecule has 4 rings (SSSR count). The number of carbonyl (C=O) groups is 2. The van der Waals surface area contributed by atoms with E-state index < -0.39 is 11.7 Å². The molecule has 1 aliphatic heterocycles. The van der Waals surface area contributed by atoms with E-state index in [1.165, 1.54) is 6.92 Å². The van der Waals surface area contributed by atoms with Crippen LogP contribution >= 0.6 is 11.6 Å². The van der Waals surface area contributed by atoms with Gasteiger partial charge in [0.05, 0.1) is 11.7 Å². The lowest BCUT2D eigenvalue weighted by Gasteiger charge is -2.44. The third kappa shape index (κ3) is 6.36. The van der Waals surface area contributed by atoms with Crippen LogP contribution in [0.2, 0.25) is 5.02 Å². The molecule has 0 aromatic heterocycles. The minimum atomic E-state index is -1.24. The second-order valence-corrected chi connectivity index (χ2v) is 11.2. The van der Waals surface area contributed by atoms with Crippen molar-refractivity contribution >= 4 is 23.4 Å². The molecule has 0 spiro atoms. The maximum Gasteiger partial charge on any atom is 0.225 e. The summed E-state index contributed by atoms with van der Waals surface area (Å²) in [6, 6.07) is 13.8. The zero-order chi connectivity index (χ0) is 26.6. The summed E-state index contributed by atoms with van der Waals surface area (Å²) in [6.07, 6.45) is 4.12. The van der Waals surface area contributed by atoms with Gasteiger partial charge >= 0.3 is 0 Å². The first kappa shape index (κ1) is 27.6. The highest BCUT2D eigenvalue weighted by molar-refractivity contribution is 6.33. The van der Waals surface area contributed by atoms with E-state index in [-0.39, 0.29) is 23.7 Å². The quantitative estimate of drug-likeness (QED) is 0.430. The Morgan fingerprint density at radius 1 is 1.16 bits per heavy atom. The molecule has 1 saturated carbocycles.